The first kappa shape index (κ1) is 17.4. The van der Waals surface area contributed by atoms with Gasteiger partial charge in [-0.2, -0.15) is 0 Å². The molecule has 0 saturated carbocycles. The Morgan fingerprint density at radius 1 is 1.45 bits per heavy atom. The second-order valence-corrected chi connectivity index (χ2v) is 5.90. The van der Waals surface area contributed by atoms with E-state index >= 15 is 0 Å². The summed E-state index contributed by atoms with van der Waals surface area (Å²) in [5.41, 5.74) is 0.0439. The van der Waals surface area contributed by atoms with Crippen LogP contribution in [0.4, 0.5) is 0 Å². The number of esters is 1. The fourth-order valence-electron chi connectivity index (χ4n) is 2.45. The van der Waals surface area contributed by atoms with Gasteiger partial charge in [0, 0.05) is 18.6 Å². The molecule has 0 aliphatic carbocycles. The van der Waals surface area contributed by atoms with Gasteiger partial charge in [-0.1, -0.05) is 6.92 Å². The van der Waals surface area contributed by atoms with Crippen molar-refractivity contribution in [1.29, 1.82) is 0 Å². The molecule has 1 heterocycles. The van der Waals surface area contributed by atoms with Crippen molar-refractivity contribution in [3.63, 3.8) is 0 Å². The predicted molar refractivity (Wildman–Crippen MR) is 79.8 cm³/mol. The minimum atomic E-state index is -0.200. The number of carbonyl (C=O) groups excluding carboxylic acids is 1. The van der Waals surface area contributed by atoms with Gasteiger partial charge in [0.05, 0.1) is 19.8 Å². The molecule has 1 N–H and O–H groups in total. The monoisotopic (exact) mass is 286 g/mol. The summed E-state index contributed by atoms with van der Waals surface area (Å²) in [6, 6.07) is -0.200. The quantitative estimate of drug-likeness (QED) is 0.684. The maximum Gasteiger partial charge on any atom is 0.323 e. The maximum atomic E-state index is 12.0. The van der Waals surface area contributed by atoms with Crippen LogP contribution in [0.25, 0.3) is 0 Å². The lowest BCUT2D eigenvalue weighted by Gasteiger charge is -2.42. The van der Waals surface area contributed by atoms with E-state index in [2.05, 4.69) is 31.0 Å². The van der Waals surface area contributed by atoms with Crippen LogP contribution < -0.4 is 5.32 Å². The van der Waals surface area contributed by atoms with Gasteiger partial charge in [0.25, 0.3) is 0 Å². The van der Waals surface area contributed by atoms with E-state index in [0.29, 0.717) is 6.61 Å². The first-order valence-electron chi connectivity index (χ1n) is 7.74. The molecule has 20 heavy (non-hydrogen) atoms. The van der Waals surface area contributed by atoms with Gasteiger partial charge in [0.1, 0.15) is 6.04 Å². The van der Waals surface area contributed by atoms with Crippen molar-refractivity contribution in [3.8, 4) is 0 Å². The van der Waals surface area contributed by atoms with Crippen LogP contribution in [0.15, 0.2) is 0 Å². The van der Waals surface area contributed by atoms with Crippen molar-refractivity contribution in [2.24, 2.45) is 0 Å². The summed E-state index contributed by atoms with van der Waals surface area (Å²) >= 11 is 0. The molecule has 5 nitrogen and oxygen atoms in total. The molecule has 0 bridgehead atoms. The van der Waals surface area contributed by atoms with E-state index in [1.807, 2.05) is 6.92 Å². The van der Waals surface area contributed by atoms with Crippen molar-refractivity contribution in [2.45, 2.75) is 52.1 Å². The number of ether oxygens (including phenoxy) is 2. The Morgan fingerprint density at radius 2 is 2.20 bits per heavy atom. The van der Waals surface area contributed by atoms with E-state index in [4.69, 9.17) is 9.47 Å². The van der Waals surface area contributed by atoms with E-state index in [9.17, 15) is 4.79 Å². The number of nitrogens with one attached hydrogen (secondary N) is 1. The third-order valence-corrected chi connectivity index (χ3v) is 3.72. The Balaban J connectivity index is 2.49. The smallest absolute Gasteiger partial charge is 0.323 e. The fourth-order valence-corrected chi connectivity index (χ4v) is 2.45. The summed E-state index contributed by atoms with van der Waals surface area (Å²) in [4.78, 5) is 14.4. The topological polar surface area (TPSA) is 50.8 Å². The molecule has 0 aromatic rings. The van der Waals surface area contributed by atoms with Crippen molar-refractivity contribution in [1.82, 2.24) is 10.2 Å². The molecule has 0 spiro atoms. The van der Waals surface area contributed by atoms with Gasteiger partial charge in [0.15, 0.2) is 0 Å². The molecular formula is C15H30N2O3. The van der Waals surface area contributed by atoms with Crippen LogP contribution in [-0.2, 0) is 14.3 Å². The lowest BCUT2D eigenvalue weighted by molar-refractivity contribution is -0.146. The molecule has 1 rings (SSSR count). The molecular weight excluding hydrogens is 256 g/mol. The van der Waals surface area contributed by atoms with E-state index in [1.165, 1.54) is 0 Å². The zero-order valence-electron chi connectivity index (χ0n) is 13.4. The van der Waals surface area contributed by atoms with E-state index in [1.54, 1.807) is 0 Å². The van der Waals surface area contributed by atoms with Gasteiger partial charge in [-0.25, -0.2) is 0 Å². The highest BCUT2D eigenvalue weighted by atomic mass is 16.5. The molecule has 0 aromatic carbocycles. The summed E-state index contributed by atoms with van der Waals surface area (Å²) in [6.07, 6.45) is 1.79. The van der Waals surface area contributed by atoms with Gasteiger partial charge in [-0.15, -0.1) is 0 Å². The zero-order valence-corrected chi connectivity index (χ0v) is 13.4. The Kier molecular flexibility index (Phi) is 7.48. The molecule has 1 aliphatic rings. The number of nitrogens with zero attached hydrogens (tertiary/aromatic N) is 1. The van der Waals surface area contributed by atoms with Crippen LogP contribution in [0.1, 0.15) is 40.5 Å². The van der Waals surface area contributed by atoms with Crippen LogP contribution in [0.5, 0.6) is 0 Å². The maximum absolute atomic E-state index is 12.0. The predicted octanol–water partition coefficient (Wildman–Crippen LogP) is 1.42. The molecule has 1 unspecified atom stereocenters. The number of hydrogen-bond acceptors (Lipinski definition) is 5. The third-order valence-electron chi connectivity index (χ3n) is 3.72. The Hall–Kier alpha value is -0.650. The van der Waals surface area contributed by atoms with Gasteiger partial charge < -0.3 is 14.8 Å². The Labute approximate surface area is 123 Å². The highest BCUT2D eigenvalue weighted by Crippen LogP contribution is 2.19. The van der Waals surface area contributed by atoms with Gasteiger partial charge >= 0.3 is 5.97 Å². The number of morpholine rings is 1. The largest absolute Gasteiger partial charge is 0.465 e. The SMILES string of the molecule is CCCNC(CCN1CCOCC1(C)C)C(=O)OCC. The average Bonchev–Trinajstić information content (AvgIpc) is 2.40. The van der Waals surface area contributed by atoms with Crippen molar-refractivity contribution in [3.05, 3.63) is 0 Å². The Morgan fingerprint density at radius 3 is 2.80 bits per heavy atom. The molecule has 0 amide bonds. The van der Waals surface area contributed by atoms with Crippen LogP contribution in [-0.4, -0.2) is 61.9 Å². The lowest BCUT2D eigenvalue weighted by Crippen LogP contribution is -2.54. The number of carbonyl (C=O) groups is 1. The van der Waals surface area contributed by atoms with Gasteiger partial charge in [0.2, 0.25) is 0 Å². The summed E-state index contributed by atoms with van der Waals surface area (Å²) in [6.45, 7) is 12.9. The molecule has 1 fully saturated rings. The summed E-state index contributed by atoms with van der Waals surface area (Å²) in [7, 11) is 0. The normalized spacial score (nSPS) is 20.6. The number of hydrogen-bond donors (Lipinski definition) is 1. The van der Waals surface area contributed by atoms with Crippen molar-refractivity contribution >= 4 is 5.97 Å². The molecule has 1 aliphatic heterocycles. The summed E-state index contributed by atoms with van der Waals surface area (Å²) in [5.74, 6) is -0.132. The highest BCUT2D eigenvalue weighted by Gasteiger charge is 2.31. The third kappa shape index (κ3) is 5.38. The van der Waals surface area contributed by atoms with E-state index < -0.39 is 0 Å². The first-order valence-corrected chi connectivity index (χ1v) is 7.74. The minimum Gasteiger partial charge on any atom is -0.465 e. The first-order chi connectivity index (χ1) is 9.51. The molecule has 5 heteroatoms. The zero-order chi connectivity index (χ0) is 15.0. The standard InChI is InChI=1S/C15H30N2O3/c1-5-8-16-13(14(18)20-6-2)7-9-17-10-11-19-12-15(17,3)4/h13,16H,5-12H2,1-4H3. The average molecular weight is 286 g/mol. The van der Waals surface area contributed by atoms with E-state index in [-0.39, 0.29) is 17.6 Å². The molecule has 0 radical (unpaired) electrons. The van der Waals surface area contributed by atoms with Crippen LogP contribution in [0.3, 0.4) is 0 Å². The second-order valence-electron chi connectivity index (χ2n) is 5.90. The highest BCUT2D eigenvalue weighted by molar-refractivity contribution is 5.75. The molecule has 118 valence electrons. The second kappa shape index (κ2) is 8.60. The molecule has 1 atom stereocenters. The van der Waals surface area contributed by atoms with Crippen LogP contribution in [0.2, 0.25) is 0 Å². The van der Waals surface area contributed by atoms with Gasteiger partial charge in [-0.3, -0.25) is 9.69 Å². The van der Waals surface area contributed by atoms with Crippen LogP contribution >= 0.6 is 0 Å². The minimum absolute atomic E-state index is 0.0439. The van der Waals surface area contributed by atoms with Crippen molar-refractivity contribution in [2.75, 3.05) is 39.5 Å². The lowest BCUT2D eigenvalue weighted by atomic mass is 10.0. The van der Waals surface area contributed by atoms with E-state index in [0.717, 1.165) is 45.7 Å². The summed E-state index contributed by atoms with van der Waals surface area (Å²) in [5, 5.41) is 3.29. The Bertz CT molecular complexity index is 295. The molecule has 1 saturated heterocycles. The summed E-state index contributed by atoms with van der Waals surface area (Å²) < 4.78 is 10.7. The van der Waals surface area contributed by atoms with Crippen LogP contribution in [0, 0.1) is 0 Å². The van der Waals surface area contributed by atoms with Gasteiger partial charge in [-0.05, 0) is 40.2 Å². The molecule has 0 aromatic heterocycles. The number of rotatable bonds is 8. The van der Waals surface area contributed by atoms with Crippen molar-refractivity contribution < 1.29 is 14.3 Å². The fraction of sp³-hybridized carbons (Fsp3) is 0.933.